The van der Waals surface area contributed by atoms with E-state index in [4.69, 9.17) is 0 Å². The molecule has 0 radical (unpaired) electrons. The smallest absolute Gasteiger partial charge is 0.251 e. The van der Waals surface area contributed by atoms with Crippen molar-refractivity contribution in [1.29, 1.82) is 0 Å². The van der Waals surface area contributed by atoms with Crippen LogP contribution in [0.15, 0.2) is 89.8 Å². The summed E-state index contributed by atoms with van der Waals surface area (Å²) in [5, 5.41) is 3.06. The number of nitrogens with zero attached hydrogens (tertiary/aromatic N) is 2. The average Bonchev–Trinajstić information content (AvgIpc) is 2.85. The fraction of sp³-hybridized carbons (Fsp3) is 0.269. The summed E-state index contributed by atoms with van der Waals surface area (Å²) in [6.45, 7) is 4.84. The van der Waals surface area contributed by atoms with Gasteiger partial charge in [0, 0.05) is 38.3 Å². The Morgan fingerprint density at radius 3 is 2.18 bits per heavy atom. The van der Waals surface area contributed by atoms with E-state index in [1.807, 2.05) is 67.6 Å². The van der Waals surface area contributed by atoms with E-state index in [2.05, 4.69) is 10.2 Å². The fourth-order valence-corrected chi connectivity index (χ4v) is 5.49. The van der Waals surface area contributed by atoms with Gasteiger partial charge in [-0.2, -0.15) is 4.31 Å². The molecular formula is C26H29N3O3S. The first kappa shape index (κ1) is 23.2. The van der Waals surface area contributed by atoms with Crippen molar-refractivity contribution in [3.05, 3.63) is 102 Å². The van der Waals surface area contributed by atoms with Gasteiger partial charge in [-0.15, -0.1) is 0 Å². The second-order valence-corrected chi connectivity index (χ2v) is 10.2. The summed E-state index contributed by atoms with van der Waals surface area (Å²) in [6, 6.07) is 26.0. The lowest BCUT2D eigenvalue weighted by Gasteiger charge is -2.34. The van der Waals surface area contributed by atoms with Crippen LogP contribution < -0.4 is 5.32 Å². The highest BCUT2D eigenvalue weighted by Crippen LogP contribution is 2.19. The maximum absolute atomic E-state index is 12.8. The number of piperazine rings is 1. The van der Waals surface area contributed by atoms with Crippen molar-refractivity contribution < 1.29 is 13.2 Å². The summed E-state index contributed by atoms with van der Waals surface area (Å²) in [7, 11) is -3.46. The highest BCUT2D eigenvalue weighted by Gasteiger charge is 2.28. The Hall–Kier alpha value is -3.00. The van der Waals surface area contributed by atoms with E-state index in [1.165, 1.54) is 0 Å². The summed E-state index contributed by atoms with van der Waals surface area (Å²) in [5.74, 6) is -0.105. The predicted octanol–water partition coefficient (Wildman–Crippen LogP) is 3.68. The van der Waals surface area contributed by atoms with Gasteiger partial charge >= 0.3 is 0 Å². The minimum atomic E-state index is -3.46. The van der Waals surface area contributed by atoms with Crippen LogP contribution in [0.25, 0.3) is 0 Å². The zero-order chi connectivity index (χ0) is 23.3. The lowest BCUT2D eigenvalue weighted by molar-refractivity contribution is 0.0939. The van der Waals surface area contributed by atoms with Gasteiger partial charge in [-0.3, -0.25) is 9.69 Å². The monoisotopic (exact) mass is 463 g/mol. The van der Waals surface area contributed by atoms with Gasteiger partial charge in [0.05, 0.1) is 10.9 Å². The van der Waals surface area contributed by atoms with Gasteiger partial charge in [0.1, 0.15) is 0 Å². The van der Waals surface area contributed by atoms with Crippen LogP contribution in [0.2, 0.25) is 0 Å². The highest BCUT2D eigenvalue weighted by atomic mass is 32.2. The molecule has 0 aliphatic carbocycles. The molecule has 0 bridgehead atoms. The van der Waals surface area contributed by atoms with E-state index in [0.29, 0.717) is 43.2 Å². The van der Waals surface area contributed by atoms with Crippen LogP contribution in [0.4, 0.5) is 0 Å². The van der Waals surface area contributed by atoms with Crippen LogP contribution in [-0.4, -0.2) is 49.7 Å². The molecule has 1 N–H and O–H groups in total. The van der Waals surface area contributed by atoms with Gasteiger partial charge < -0.3 is 5.32 Å². The molecular weight excluding hydrogens is 434 g/mol. The van der Waals surface area contributed by atoms with Crippen LogP contribution >= 0.6 is 0 Å². The predicted molar refractivity (Wildman–Crippen MR) is 129 cm³/mol. The molecule has 0 aromatic heterocycles. The molecule has 0 spiro atoms. The fourth-order valence-electron chi connectivity index (χ4n) is 4.04. The molecule has 1 amide bonds. The molecule has 3 aromatic carbocycles. The Balaban J connectivity index is 1.34. The summed E-state index contributed by atoms with van der Waals surface area (Å²) in [4.78, 5) is 15.3. The second kappa shape index (κ2) is 10.3. The minimum absolute atomic E-state index is 0.0815. The molecule has 1 aliphatic heterocycles. The Morgan fingerprint density at radius 1 is 0.879 bits per heavy atom. The average molecular weight is 464 g/mol. The Kier molecular flexibility index (Phi) is 7.23. The third-order valence-corrected chi connectivity index (χ3v) is 7.87. The van der Waals surface area contributed by atoms with E-state index >= 15 is 0 Å². The van der Waals surface area contributed by atoms with E-state index in [-0.39, 0.29) is 11.9 Å². The van der Waals surface area contributed by atoms with Crippen molar-refractivity contribution in [3.8, 4) is 0 Å². The van der Waals surface area contributed by atoms with Gasteiger partial charge in [0.25, 0.3) is 5.91 Å². The Bertz CT molecular complexity index is 1180. The zero-order valence-electron chi connectivity index (χ0n) is 18.7. The quantitative estimate of drug-likeness (QED) is 0.580. The van der Waals surface area contributed by atoms with Crippen molar-refractivity contribution in [2.45, 2.75) is 24.4 Å². The standard InChI is InChI=1S/C26H29N3O3S/c1-21(23-10-4-2-5-11-23)27-26(30)24-12-8-9-22(19-24)20-28-15-17-29(18-16-28)33(31,32)25-13-6-3-7-14-25/h2-14,19,21H,15-18,20H2,1H3,(H,27,30). The number of carbonyl (C=O) groups is 1. The topological polar surface area (TPSA) is 69.7 Å². The molecule has 33 heavy (non-hydrogen) atoms. The molecule has 172 valence electrons. The third-order valence-electron chi connectivity index (χ3n) is 5.95. The van der Waals surface area contributed by atoms with Gasteiger partial charge in [-0.05, 0) is 42.3 Å². The van der Waals surface area contributed by atoms with E-state index in [0.717, 1.165) is 11.1 Å². The summed E-state index contributed by atoms with van der Waals surface area (Å²) in [5.41, 5.74) is 2.72. The van der Waals surface area contributed by atoms with Crippen molar-refractivity contribution >= 4 is 15.9 Å². The van der Waals surface area contributed by atoms with Gasteiger partial charge in [0.15, 0.2) is 0 Å². The van der Waals surface area contributed by atoms with Gasteiger partial charge in [-0.1, -0.05) is 60.7 Å². The van der Waals surface area contributed by atoms with E-state index in [1.54, 1.807) is 28.6 Å². The maximum Gasteiger partial charge on any atom is 0.251 e. The van der Waals surface area contributed by atoms with Crippen molar-refractivity contribution in [1.82, 2.24) is 14.5 Å². The van der Waals surface area contributed by atoms with Crippen LogP contribution in [0.5, 0.6) is 0 Å². The lowest BCUT2D eigenvalue weighted by atomic mass is 10.1. The molecule has 1 aliphatic rings. The number of sulfonamides is 1. The SMILES string of the molecule is CC(NC(=O)c1cccc(CN2CCN(S(=O)(=O)c3ccccc3)CC2)c1)c1ccccc1. The van der Waals surface area contributed by atoms with Crippen molar-refractivity contribution in [2.75, 3.05) is 26.2 Å². The molecule has 1 unspecified atom stereocenters. The van der Waals surface area contributed by atoms with Crippen molar-refractivity contribution in [3.63, 3.8) is 0 Å². The number of nitrogens with one attached hydrogen (secondary N) is 1. The van der Waals surface area contributed by atoms with Crippen LogP contribution in [-0.2, 0) is 16.6 Å². The van der Waals surface area contributed by atoms with E-state index in [9.17, 15) is 13.2 Å². The molecule has 1 saturated heterocycles. The van der Waals surface area contributed by atoms with Crippen LogP contribution in [0, 0.1) is 0 Å². The van der Waals surface area contributed by atoms with Gasteiger partial charge in [0.2, 0.25) is 10.0 Å². The molecule has 0 saturated carbocycles. The van der Waals surface area contributed by atoms with E-state index < -0.39 is 10.0 Å². The normalized spacial score (nSPS) is 16.3. The number of hydrogen-bond acceptors (Lipinski definition) is 4. The maximum atomic E-state index is 12.8. The molecule has 6 nitrogen and oxygen atoms in total. The first-order valence-electron chi connectivity index (χ1n) is 11.2. The molecule has 1 fully saturated rings. The summed E-state index contributed by atoms with van der Waals surface area (Å²) < 4.78 is 27.2. The summed E-state index contributed by atoms with van der Waals surface area (Å²) >= 11 is 0. The Morgan fingerprint density at radius 2 is 1.52 bits per heavy atom. The van der Waals surface area contributed by atoms with Crippen molar-refractivity contribution in [2.24, 2.45) is 0 Å². The zero-order valence-corrected chi connectivity index (χ0v) is 19.5. The number of rotatable bonds is 7. The number of hydrogen-bond donors (Lipinski definition) is 1. The first-order valence-corrected chi connectivity index (χ1v) is 12.6. The number of amides is 1. The minimum Gasteiger partial charge on any atom is -0.346 e. The second-order valence-electron chi connectivity index (χ2n) is 8.30. The van der Waals surface area contributed by atoms with Crippen LogP contribution in [0.3, 0.4) is 0 Å². The number of carbonyl (C=O) groups excluding carboxylic acids is 1. The molecule has 1 atom stereocenters. The molecule has 1 heterocycles. The largest absolute Gasteiger partial charge is 0.346 e. The third kappa shape index (κ3) is 5.68. The molecule has 4 rings (SSSR count). The van der Waals surface area contributed by atoms with Gasteiger partial charge in [-0.25, -0.2) is 8.42 Å². The highest BCUT2D eigenvalue weighted by molar-refractivity contribution is 7.89. The summed E-state index contributed by atoms with van der Waals surface area (Å²) in [6.07, 6.45) is 0. The first-order chi connectivity index (χ1) is 15.9. The Labute approximate surface area is 195 Å². The molecule has 3 aromatic rings. The lowest BCUT2D eigenvalue weighted by Crippen LogP contribution is -2.48. The van der Waals surface area contributed by atoms with Crippen LogP contribution in [0.1, 0.15) is 34.5 Å². The number of benzene rings is 3. The molecule has 7 heteroatoms.